The Hall–Kier alpha value is -2.89. The van der Waals surface area contributed by atoms with Crippen LogP contribution in [0.1, 0.15) is 16.8 Å². The van der Waals surface area contributed by atoms with Crippen LogP contribution >= 0.6 is 0 Å². The molecular formula is C18H17NO5. The van der Waals surface area contributed by atoms with Crippen molar-refractivity contribution in [2.24, 2.45) is 0 Å². The van der Waals surface area contributed by atoms with Crippen molar-refractivity contribution in [2.75, 3.05) is 31.7 Å². The third kappa shape index (κ3) is 2.95. The predicted molar refractivity (Wildman–Crippen MR) is 87.4 cm³/mol. The fourth-order valence-electron chi connectivity index (χ4n) is 2.63. The van der Waals surface area contributed by atoms with Gasteiger partial charge in [-0.2, -0.15) is 0 Å². The zero-order valence-corrected chi connectivity index (χ0v) is 13.0. The molecule has 0 aromatic heterocycles. The summed E-state index contributed by atoms with van der Waals surface area (Å²) < 4.78 is 22.2. The monoisotopic (exact) mass is 327 g/mol. The zero-order chi connectivity index (χ0) is 16.4. The van der Waals surface area contributed by atoms with E-state index in [2.05, 4.69) is 5.32 Å². The Kier molecular flexibility index (Phi) is 3.86. The van der Waals surface area contributed by atoms with Crippen LogP contribution in [-0.2, 0) is 0 Å². The topological polar surface area (TPSA) is 66.0 Å². The molecule has 124 valence electrons. The highest BCUT2D eigenvalue weighted by Gasteiger charge is 2.16. The van der Waals surface area contributed by atoms with Crippen LogP contribution in [0.3, 0.4) is 0 Å². The van der Waals surface area contributed by atoms with Gasteiger partial charge in [0.15, 0.2) is 23.0 Å². The van der Waals surface area contributed by atoms with Crippen molar-refractivity contribution in [2.45, 2.75) is 6.42 Å². The number of nitrogens with one attached hydrogen (secondary N) is 1. The van der Waals surface area contributed by atoms with Gasteiger partial charge in [0.25, 0.3) is 5.91 Å². The van der Waals surface area contributed by atoms with Crippen molar-refractivity contribution in [1.29, 1.82) is 0 Å². The third-order valence-electron chi connectivity index (χ3n) is 3.81. The fourth-order valence-corrected chi connectivity index (χ4v) is 2.63. The number of carbonyl (C=O) groups excluding carboxylic acids is 1. The largest absolute Gasteiger partial charge is 0.490 e. The van der Waals surface area contributed by atoms with Gasteiger partial charge in [0.05, 0.1) is 13.2 Å². The van der Waals surface area contributed by atoms with Crippen molar-refractivity contribution >= 4 is 11.6 Å². The molecule has 4 rings (SSSR count). The first kappa shape index (κ1) is 14.7. The van der Waals surface area contributed by atoms with E-state index in [9.17, 15) is 4.79 Å². The standard InChI is InChI=1S/C18H17NO5/c20-18(12-2-4-14-16(10-12)22-7-1-6-21-14)19-13-3-5-15-17(11-13)24-9-8-23-15/h2-5,10-11H,1,6-9H2,(H,19,20). The van der Waals surface area contributed by atoms with Gasteiger partial charge in [0.2, 0.25) is 0 Å². The van der Waals surface area contributed by atoms with Crippen LogP contribution in [0.2, 0.25) is 0 Å². The number of carbonyl (C=O) groups is 1. The summed E-state index contributed by atoms with van der Waals surface area (Å²) in [4.78, 5) is 12.5. The van der Waals surface area contributed by atoms with E-state index in [-0.39, 0.29) is 5.91 Å². The van der Waals surface area contributed by atoms with E-state index in [0.29, 0.717) is 60.7 Å². The molecule has 2 aliphatic rings. The molecule has 1 amide bonds. The number of anilines is 1. The second kappa shape index (κ2) is 6.31. The normalized spacial score (nSPS) is 15.3. The second-order valence-corrected chi connectivity index (χ2v) is 5.52. The fraction of sp³-hybridized carbons (Fsp3) is 0.278. The van der Waals surface area contributed by atoms with Crippen LogP contribution in [0, 0.1) is 0 Å². The van der Waals surface area contributed by atoms with Gasteiger partial charge in [-0.1, -0.05) is 0 Å². The molecule has 0 spiro atoms. The molecule has 6 heteroatoms. The Bertz CT molecular complexity index is 774. The maximum absolute atomic E-state index is 12.5. The highest BCUT2D eigenvalue weighted by Crippen LogP contribution is 2.33. The van der Waals surface area contributed by atoms with E-state index >= 15 is 0 Å². The molecule has 2 aromatic rings. The summed E-state index contributed by atoms with van der Waals surface area (Å²) in [5.41, 5.74) is 1.16. The average Bonchev–Trinajstić information content (AvgIpc) is 2.86. The molecule has 2 aliphatic heterocycles. The van der Waals surface area contributed by atoms with Gasteiger partial charge in [-0.25, -0.2) is 0 Å². The molecule has 0 unspecified atom stereocenters. The van der Waals surface area contributed by atoms with Crippen LogP contribution in [-0.4, -0.2) is 32.3 Å². The Balaban J connectivity index is 1.53. The number of fused-ring (bicyclic) bond motifs is 2. The molecule has 0 radical (unpaired) electrons. The quantitative estimate of drug-likeness (QED) is 0.919. The van der Waals surface area contributed by atoms with E-state index in [1.54, 1.807) is 36.4 Å². The Labute approximate surface area is 139 Å². The van der Waals surface area contributed by atoms with Gasteiger partial charge < -0.3 is 24.3 Å². The maximum Gasteiger partial charge on any atom is 0.255 e. The molecule has 0 saturated heterocycles. The number of benzene rings is 2. The lowest BCUT2D eigenvalue weighted by Crippen LogP contribution is -2.16. The summed E-state index contributed by atoms with van der Waals surface area (Å²) in [5, 5.41) is 2.86. The number of ether oxygens (including phenoxy) is 4. The molecule has 2 aromatic carbocycles. The average molecular weight is 327 g/mol. The highest BCUT2D eigenvalue weighted by atomic mass is 16.6. The van der Waals surface area contributed by atoms with E-state index in [1.165, 1.54) is 0 Å². The molecule has 0 atom stereocenters. The molecule has 6 nitrogen and oxygen atoms in total. The van der Waals surface area contributed by atoms with Crippen LogP contribution < -0.4 is 24.3 Å². The number of hydrogen-bond acceptors (Lipinski definition) is 5. The van der Waals surface area contributed by atoms with E-state index in [1.807, 2.05) is 0 Å². The Morgan fingerprint density at radius 2 is 1.38 bits per heavy atom. The molecule has 0 fully saturated rings. The van der Waals surface area contributed by atoms with E-state index in [4.69, 9.17) is 18.9 Å². The number of amides is 1. The van der Waals surface area contributed by atoms with Crippen LogP contribution in [0.5, 0.6) is 23.0 Å². The van der Waals surface area contributed by atoms with Crippen molar-refractivity contribution in [3.8, 4) is 23.0 Å². The second-order valence-electron chi connectivity index (χ2n) is 5.52. The van der Waals surface area contributed by atoms with Crippen molar-refractivity contribution < 1.29 is 23.7 Å². The maximum atomic E-state index is 12.5. The molecular weight excluding hydrogens is 310 g/mol. The Morgan fingerprint density at radius 1 is 0.750 bits per heavy atom. The van der Waals surface area contributed by atoms with Crippen LogP contribution in [0.25, 0.3) is 0 Å². The number of rotatable bonds is 2. The summed E-state index contributed by atoms with van der Waals surface area (Å²) in [6.07, 6.45) is 0.827. The third-order valence-corrected chi connectivity index (χ3v) is 3.81. The summed E-state index contributed by atoms with van der Waals surface area (Å²) in [6, 6.07) is 10.5. The van der Waals surface area contributed by atoms with Crippen LogP contribution in [0.15, 0.2) is 36.4 Å². The minimum atomic E-state index is -0.220. The molecule has 1 N–H and O–H groups in total. The molecule has 0 aliphatic carbocycles. The first-order chi connectivity index (χ1) is 11.8. The SMILES string of the molecule is O=C(Nc1ccc2c(c1)OCCO2)c1ccc2c(c1)OCCCO2. The summed E-state index contributed by atoms with van der Waals surface area (Å²) in [7, 11) is 0. The molecule has 0 bridgehead atoms. The van der Waals surface area contributed by atoms with E-state index < -0.39 is 0 Å². The summed E-state index contributed by atoms with van der Waals surface area (Å²) in [5.74, 6) is 2.38. The van der Waals surface area contributed by atoms with Gasteiger partial charge in [-0.15, -0.1) is 0 Å². The van der Waals surface area contributed by atoms with Crippen LogP contribution in [0.4, 0.5) is 5.69 Å². The number of hydrogen-bond donors (Lipinski definition) is 1. The first-order valence-corrected chi connectivity index (χ1v) is 7.90. The van der Waals surface area contributed by atoms with Gasteiger partial charge >= 0.3 is 0 Å². The zero-order valence-electron chi connectivity index (χ0n) is 13.0. The van der Waals surface area contributed by atoms with Gasteiger partial charge in [-0.05, 0) is 30.3 Å². The lowest BCUT2D eigenvalue weighted by molar-refractivity contribution is 0.102. The molecule has 24 heavy (non-hydrogen) atoms. The van der Waals surface area contributed by atoms with Crippen molar-refractivity contribution in [1.82, 2.24) is 0 Å². The minimum absolute atomic E-state index is 0.220. The lowest BCUT2D eigenvalue weighted by atomic mass is 10.1. The van der Waals surface area contributed by atoms with Gasteiger partial charge in [0.1, 0.15) is 13.2 Å². The first-order valence-electron chi connectivity index (χ1n) is 7.90. The molecule has 0 saturated carbocycles. The Morgan fingerprint density at radius 3 is 2.21 bits per heavy atom. The van der Waals surface area contributed by atoms with Gasteiger partial charge in [0, 0.05) is 23.7 Å². The lowest BCUT2D eigenvalue weighted by Gasteiger charge is -2.19. The predicted octanol–water partition coefficient (Wildman–Crippen LogP) is 2.87. The smallest absolute Gasteiger partial charge is 0.255 e. The van der Waals surface area contributed by atoms with Crippen molar-refractivity contribution in [3.63, 3.8) is 0 Å². The minimum Gasteiger partial charge on any atom is -0.490 e. The highest BCUT2D eigenvalue weighted by molar-refractivity contribution is 6.04. The van der Waals surface area contributed by atoms with Crippen molar-refractivity contribution in [3.05, 3.63) is 42.0 Å². The summed E-state index contributed by atoms with van der Waals surface area (Å²) >= 11 is 0. The van der Waals surface area contributed by atoms with E-state index in [0.717, 1.165) is 6.42 Å². The summed E-state index contributed by atoms with van der Waals surface area (Å²) in [6.45, 7) is 2.25. The molecule has 2 heterocycles. The van der Waals surface area contributed by atoms with Gasteiger partial charge in [-0.3, -0.25) is 4.79 Å².